The third kappa shape index (κ3) is 2.13. The number of hydrogen-bond acceptors (Lipinski definition) is 6. The lowest BCUT2D eigenvalue weighted by Crippen LogP contribution is -2.38. The first-order valence-electron chi connectivity index (χ1n) is 8.17. The fourth-order valence-corrected chi connectivity index (χ4v) is 3.72. The quantitative estimate of drug-likeness (QED) is 0.725. The summed E-state index contributed by atoms with van der Waals surface area (Å²) in [6.45, 7) is 4.36. The molecule has 23 heavy (non-hydrogen) atoms. The van der Waals surface area contributed by atoms with E-state index in [4.69, 9.17) is 8.83 Å². The van der Waals surface area contributed by atoms with Gasteiger partial charge in [0.1, 0.15) is 0 Å². The lowest BCUT2D eigenvalue weighted by Gasteiger charge is -2.29. The summed E-state index contributed by atoms with van der Waals surface area (Å²) in [5, 5.41) is 10.6. The number of benzene rings is 1. The summed E-state index contributed by atoms with van der Waals surface area (Å²) in [6, 6.07) is 9.13. The van der Waals surface area contributed by atoms with E-state index in [-0.39, 0.29) is 0 Å². The van der Waals surface area contributed by atoms with Crippen LogP contribution in [0.5, 0.6) is 0 Å². The highest BCUT2D eigenvalue weighted by Crippen LogP contribution is 2.32. The smallest absolute Gasteiger partial charge is 0.318 e. The molecule has 0 radical (unpaired) electrons. The summed E-state index contributed by atoms with van der Waals surface area (Å²) < 4.78 is 11.6. The van der Waals surface area contributed by atoms with Crippen LogP contribution in [0.25, 0.3) is 22.4 Å². The molecule has 1 aromatic carbocycles. The predicted octanol–water partition coefficient (Wildman–Crippen LogP) is 2.77. The van der Waals surface area contributed by atoms with Gasteiger partial charge in [-0.1, -0.05) is 29.4 Å². The summed E-state index contributed by atoms with van der Waals surface area (Å²) in [4.78, 5) is 4.78. The molecule has 0 saturated carbocycles. The van der Waals surface area contributed by atoms with Crippen LogP contribution >= 0.6 is 0 Å². The second-order valence-corrected chi connectivity index (χ2v) is 6.31. The molecule has 0 aliphatic carbocycles. The van der Waals surface area contributed by atoms with Crippen LogP contribution in [0.15, 0.2) is 39.4 Å². The van der Waals surface area contributed by atoms with Gasteiger partial charge >= 0.3 is 6.01 Å². The largest absolute Gasteiger partial charge is 0.458 e. The van der Waals surface area contributed by atoms with E-state index in [0.717, 1.165) is 23.9 Å². The Hall–Kier alpha value is -2.34. The number of rotatable bonds is 2. The Bertz CT molecular complexity index is 832. The van der Waals surface area contributed by atoms with Crippen LogP contribution in [-0.4, -0.2) is 47.3 Å². The molecule has 3 aromatic rings. The van der Waals surface area contributed by atoms with Gasteiger partial charge in [-0.15, -0.1) is 5.10 Å². The molecule has 6 heteroatoms. The highest BCUT2D eigenvalue weighted by Gasteiger charge is 2.32. The molecule has 0 spiro atoms. The number of nitrogens with zero attached hydrogens (tertiary/aromatic N) is 4. The van der Waals surface area contributed by atoms with Crippen molar-refractivity contribution in [3.63, 3.8) is 0 Å². The van der Waals surface area contributed by atoms with Gasteiger partial charge in [0.05, 0.1) is 6.26 Å². The SMILES string of the molecule is c1ccc2c(-c3nnc(N4CCN5CCC4CC5)o3)occ2c1. The minimum atomic E-state index is 0.459. The van der Waals surface area contributed by atoms with Gasteiger partial charge < -0.3 is 18.6 Å². The van der Waals surface area contributed by atoms with E-state index >= 15 is 0 Å². The zero-order valence-electron chi connectivity index (χ0n) is 12.8. The lowest BCUT2D eigenvalue weighted by atomic mass is 10.1. The number of anilines is 1. The molecule has 5 heterocycles. The van der Waals surface area contributed by atoms with Gasteiger partial charge in [-0.25, -0.2) is 0 Å². The van der Waals surface area contributed by atoms with Gasteiger partial charge in [0.2, 0.25) is 0 Å². The van der Waals surface area contributed by atoms with Gasteiger partial charge in [0, 0.05) is 43.0 Å². The predicted molar refractivity (Wildman–Crippen MR) is 86.3 cm³/mol. The van der Waals surface area contributed by atoms with E-state index in [9.17, 15) is 0 Å². The molecule has 0 N–H and O–H groups in total. The second kappa shape index (κ2) is 5.09. The van der Waals surface area contributed by atoms with Crippen molar-refractivity contribution < 1.29 is 8.83 Å². The summed E-state index contributed by atoms with van der Waals surface area (Å²) in [5.41, 5.74) is 0. The van der Waals surface area contributed by atoms with E-state index < -0.39 is 0 Å². The lowest BCUT2D eigenvalue weighted by molar-refractivity contribution is 0.249. The Kier molecular flexibility index (Phi) is 2.91. The molecular formula is C17H18N4O2. The topological polar surface area (TPSA) is 58.5 Å². The summed E-state index contributed by atoms with van der Waals surface area (Å²) >= 11 is 0. The van der Waals surface area contributed by atoms with Crippen molar-refractivity contribution in [3.8, 4) is 11.7 Å². The average molecular weight is 310 g/mol. The van der Waals surface area contributed by atoms with E-state index in [0.29, 0.717) is 23.7 Å². The van der Waals surface area contributed by atoms with Crippen molar-refractivity contribution in [1.82, 2.24) is 15.1 Å². The fourth-order valence-electron chi connectivity index (χ4n) is 3.72. The minimum Gasteiger partial charge on any atom is -0.458 e. The highest BCUT2D eigenvalue weighted by atomic mass is 16.4. The number of aromatic nitrogens is 2. The maximum atomic E-state index is 5.97. The first kappa shape index (κ1) is 13.1. The van der Waals surface area contributed by atoms with E-state index in [1.807, 2.05) is 24.3 Å². The van der Waals surface area contributed by atoms with Crippen molar-refractivity contribution in [2.24, 2.45) is 0 Å². The maximum absolute atomic E-state index is 5.97. The minimum absolute atomic E-state index is 0.459. The molecule has 3 saturated heterocycles. The highest BCUT2D eigenvalue weighted by molar-refractivity contribution is 5.92. The van der Waals surface area contributed by atoms with Gasteiger partial charge in [-0.3, -0.25) is 0 Å². The Labute approximate surface area is 133 Å². The van der Waals surface area contributed by atoms with Crippen molar-refractivity contribution in [2.45, 2.75) is 18.9 Å². The van der Waals surface area contributed by atoms with Gasteiger partial charge in [-0.2, -0.15) is 0 Å². The van der Waals surface area contributed by atoms with Crippen LogP contribution in [0.1, 0.15) is 12.8 Å². The zero-order chi connectivity index (χ0) is 15.2. The van der Waals surface area contributed by atoms with Crippen LogP contribution in [0.2, 0.25) is 0 Å². The molecule has 2 bridgehead atoms. The summed E-state index contributed by atoms with van der Waals surface area (Å²) in [5.74, 6) is 1.11. The first-order valence-corrected chi connectivity index (χ1v) is 8.17. The van der Waals surface area contributed by atoms with Crippen molar-refractivity contribution in [3.05, 3.63) is 30.5 Å². The molecule has 6 rings (SSSR count). The Morgan fingerprint density at radius 1 is 1.00 bits per heavy atom. The molecule has 3 aliphatic rings. The van der Waals surface area contributed by atoms with Crippen LogP contribution in [0, 0.1) is 0 Å². The van der Waals surface area contributed by atoms with Crippen LogP contribution in [0.4, 0.5) is 6.01 Å². The number of fused-ring (bicyclic) bond motifs is 5. The molecule has 118 valence electrons. The zero-order valence-corrected chi connectivity index (χ0v) is 12.8. The van der Waals surface area contributed by atoms with Crippen LogP contribution < -0.4 is 4.90 Å². The monoisotopic (exact) mass is 310 g/mol. The molecule has 6 nitrogen and oxygen atoms in total. The molecule has 3 aliphatic heterocycles. The number of piperidine rings is 1. The normalized spacial score (nSPS) is 24.3. The molecule has 3 fully saturated rings. The van der Waals surface area contributed by atoms with E-state index in [2.05, 4.69) is 20.0 Å². The standard InChI is InChI=1S/C17H18N4O2/c1-2-4-14-12(3-1)11-22-15(14)16-18-19-17(23-16)21-10-9-20-7-5-13(21)6-8-20/h1-4,11,13H,5-10H2. The third-order valence-electron chi connectivity index (χ3n) is 5.02. The Balaban J connectivity index is 1.50. The number of hydrogen-bond donors (Lipinski definition) is 0. The average Bonchev–Trinajstić information content (AvgIpc) is 3.13. The van der Waals surface area contributed by atoms with E-state index in [1.165, 1.54) is 25.9 Å². The Morgan fingerprint density at radius 3 is 2.78 bits per heavy atom. The van der Waals surface area contributed by atoms with E-state index in [1.54, 1.807) is 6.26 Å². The first-order chi connectivity index (χ1) is 11.4. The van der Waals surface area contributed by atoms with Crippen molar-refractivity contribution >= 4 is 16.8 Å². The summed E-state index contributed by atoms with van der Waals surface area (Å²) in [6.07, 6.45) is 4.07. The molecule has 0 atom stereocenters. The maximum Gasteiger partial charge on any atom is 0.318 e. The van der Waals surface area contributed by atoms with Gasteiger partial charge in [0.25, 0.3) is 5.89 Å². The fraction of sp³-hybridized carbons (Fsp3) is 0.412. The van der Waals surface area contributed by atoms with Crippen LogP contribution in [0.3, 0.4) is 0 Å². The Morgan fingerprint density at radius 2 is 1.87 bits per heavy atom. The van der Waals surface area contributed by atoms with Gasteiger partial charge in [-0.05, 0) is 12.8 Å². The summed E-state index contributed by atoms with van der Waals surface area (Å²) in [7, 11) is 0. The molecular weight excluding hydrogens is 292 g/mol. The molecule has 0 unspecified atom stereocenters. The second-order valence-electron chi connectivity index (χ2n) is 6.31. The number of furan rings is 1. The third-order valence-corrected chi connectivity index (χ3v) is 5.02. The van der Waals surface area contributed by atoms with Crippen molar-refractivity contribution in [1.29, 1.82) is 0 Å². The molecule has 2 aromatic heterocycles. The molecule has 0 amide bonds. The van der Waals surface area contributed by atoms with Crippen LogP contribution in [-0.2, 0) is 0 Å². The van der Waals surface area contributed by atoms with Gasteiger partial charge in [0.15, 0.2) is 5.76 Å². The van der Waals surface area contributed by atoms with Crippen molar-refractivity contribution in [2.75, 3.05) is 31.1 Å².